The largest absolute Gasteiger partial charge is 0.358 e. The minimum atomic E-state index is -3.79. The summed E-state index contributed by atoms with van der Waals surface area (Å²) >= 11 is 0. The van der Waals surface area contributed by atoms with Crippen LogP contribution in [0.2, 0.25) is 0 Å². The summed E-state index contributed by atoms with van der Waals surface area (Å²) in [5.41, 5.74) is -0.0776. The zero-order valence-electron chi connectivity index (χ0n) is 13.3. The molecule has 0 saturated heterocycles. The van der Waals surface area contributed by atoms with Crippen LogP contribution in [0.1, 0.15) is 15.9 Å². The number of fused-ring (bicyclic) bond motifs is 1. The van der Waals surface area contributed by atoms with Crippen molar-refractivity contribution in [2.75, 3.05) is 0 Å². The van der Waals surface area contributed by atoms with Crippen LogP contribution >= 0.6 is 0 Å². The number of primary sulfonamides is 1. The van der Waals surface area contributed by atoms with Gasteiger partial charge in [-0.3, -0.25) is 9.59 Å². The predicted molar refractivity (Wildman–Crippen MR) is 93.5 cm³/mol. The number of carbonyl (C=O) groups excluding carboxylic acids is 1. The highest BCUT2D eigenvalue weighted by molar-refractivity contribution is 7.89. The van der Waals surface area contributed by atoms with Gasteiger partial charge in [0.05, 0.1) is 10.4 Å². The minimum Gasteiger partial charge on any atom is -0.358 e. The summed E-state index contributed by atoms with van der Waals surface area (Å²) in [5, 5.41) is 7.65. The number of rotatable bonds is 4. The third-order valence-electron chi connectivity index (χ3n) is 3.81. The number of sulfonamides is 1. The van der Waals surface area contributed by atoms with Crippen molar-refractivity contribution in [2.45, 2.75) is 11.4 Å². The molecule has 0 spiro atoms. The molecule has 0 radical (unpaired) electrons. The number of benzene rings is 2. The molecule has 7 nitrogen and oxygen atoms in total. The van der Waals surface area contributed by atoms with Gasteiger partial charge >= 0.3 is 0 Å². The van der Waals surface area contributed by atoms with Gasteiger partial charge in [-0.2, -0.15) is 0 Å². The maximum atomic E-state index is 13.7. The Hall–Kier alpha value is -3.04. The Morgan fingerprint density at radius 3 is 2.50 bits per heavy atom. The first-order chi connectivity index (χ1) is 12.3. The first-order valence-corrected chi connectivity index (χ1v) is 9.02. The molecule has 3 rings (SSSR count). The predicted octanol–water partition coefficient (Wildman–Crippen LogP) is 1.24. The maximum absolute atomic E-state index is 13.7. The Morgan fingerprint density at radius 2 is 1.85 bits per heavy atom. The fourth-order valence-corrected chi connectivity index (χ4v) is 2.97. The number of nitrogens with two attached hydrogens (primary N) is 1. The quantitative estimate of drug-likeness (QED) is 0.635. The average molecular weight is 375 g/mol. The van der Waals surface area contributed by atoms with Gasteiger partial charge in [0.2, 0.25) is 15.5 Å². The molecular formula is C17H14FN3O4S. The lowest BCUT2D eigenvalue weighted by atomic mass is 10.1. The van der Waals surface area contributed by atoms with Crippen molar-refractivity contribution in [1.29, 1.82) is 0 Å². The van der Waals surface area contributed by atoms with E-state index in [4.69, 9.17) is 5.14 Å². The molecule has 1 amide bonds. The van der Waals surface area contributed by atoms with Gasteiger partial charge in [0.25, 0.3) is 5.91 Å². The third-order valence-corrected chi connectivity index (χ3v) is 4.74. The van der Waals surface area contributed by atoms with Crippen molar-refractivity contribution >= 4 is 26.8 Å². The zero-order valence-corrected chi connectivity index (χ0v) is 14.1. The number of aromatic nitrogens is 1. The van der Waals surface area contributed by atoms with Crippen molar-refractivity contribution in [3.63, 3.8) is 0 Å². The van der Waals surface area contributed by atoms with E-state index in [1.807, 2.05) is 0 Å². The van der Waals surface area contributed by atoms with Crippen LogP contribution in [0.4, 0.5) is 4.39 Å². The molecule has 26 heavy (non-hydrogen) atoms. The van der Waals surface area contributed by atoms with Crippen LogP contribution in [0.25, 0.3) is 10.9 Å². The molecule has 0 atom stereocenters. The minimum absolute atomic E-state index is 0.0348. The first-order valence-electron chi connectivity index (χ1n) is 7.47. The standard InChI is InChI=1S/C17H14FN3O4S/c18-14-3-1-2-12-15(14)20-9-13(16(12)22)17(23)21-8-10-4-6-11(7-5-10)26(19,24)25/h1-7,9H,8H2,(H,20,22)(H,21,23)(H2,19,24,25). The van der Waals surface area contributed by atoms with Gasteiger partial charge in [-0.05, 0) is 29.8 Å². The summed E-state index contributed by atoms with van der Waals surface area (Å²) in [7, 11) is -3.79. The molecule has 1 heterocycles. The zero-order chi connectivity index (χ0) is 18.9. The fraction of sp³-hybridized carbons (Fsp3) is 0.0588. The van der Waals surface area contributed by atoms with E-state index in [1.165, 1.54) is 42.5 Å². The van der Waals surface area contributed by atoms with Gasteiger partial charge < -0.3 is 10.3 Å². The lowest BCUT2D eigenvalue weighted by molar-refractivity contribution is 0.0949. The number of pyridine rings is 1. The van der Waals surface area contributed by atoms with Crippen LogP contribution in [0.5, 0.6) is 0 Å². The summed E-state index contributed by atoms with van der Waals surface area (Å²) < 4.78 is 36.1. The summed E-state index contributed by atoms with van der Waals surface area (Å²) in [6, 6.07) is 9.68. The van der Waals surface area contributed by atoms with Gasteiger partial charge in [0.1, 0.15) is 11.4 Å². The Morgan fingerprint density at radius 1 is 1.15 bits per heavy atom. The second kappa shape index (κ2) is 6.70. The number of nitrogens with one attached hydrogen (secondary N) is 2. The van der Waals surface area contributed by atoms with Crippen LogP contribution in [-0.4, -0.2) is 19.3 Å². The van der Waals surface area contributed by atoms with Gasteiger partial charge in [0, 0.05) is 18.1 Å². The van der Waals surface area contributed by atoms with Gasteiger partial charge in [-0.1, -0.05) is 18.2 Å². The van der Waals surface area contributed by atoms with Crippen molar-refractivity contribution < 1.29 is 17.6 Å². The molecule has 4 N–H and O–H groups in total. The summed E-state index contributed by atoms with van der Waals surface area (Å²) in [6.07, 6.45) is 1.16. The molecule has 0 fully saturated rings. The van der Waals surface area contributed by atoms with Gasteiger partial charge in [-0.25, -0.2) is 17.9 Å². The van der Waals surface area contributed by atoms with Crippen molar-refractivity contribution in [1.82, 2.24) is 10.3 Å². The second-order valence-corrected chi connectivity index (χ2v) is 7.13. The second-order valence-electron chi connectivity index (χ2n) is 5.57. The highest BCUT2D eigenvalue weighted by Crippen LogP contribution is 2.12. The average Bonchev–Trinajstić information content (AvgIpc) is 2.60. The fourth-order valence-electron chi connectivity index (χ4n) is 2.46. The van der Waals surface area contributed by atoms with E-state index in [1.54, 1.807) is 0 Å². The number of amides is 1. The number of aromatic amines is 1. The van der Waals surface area contributed by atoms with E-state index in [-0.39, 0.29) is 27.9 Å². The van der Waals surface area contributed by atoms with E-state index < -0.39 is 27.2 Å². The molecule has 1 aromatic heterocycles. The Bertz CT molecular complexity index is 1150. The Kier molecular flexibility index (Phi) is 4.58. The van der Waals surface area contributed by atoms with E-state index in [2.05, 4.69) is 10.3 Å². The molecule has 134 valence electrons. The molecule has 0 aliphatic rings. The molecule has 0 aliphatic carbocycles. The smallest absolute Gasteiger partial charge is 0.257 e. The number of hydrogen-bond donors (Lipinski definition) is 3. The van der Waals surface area contributed by atoms with Gasteiger partial charge in [0.15, 0.2) is 0 Å². The Balaban J connectivity index is 1.80. The number of para-hydroxylation sites is 1. The van der Waals surface area contributed by atoms with E-state index in [9.17, 15) is 22.4 Å². The molecule has 9 heteroatoms. The molecule has 0 unspecified atom stereocenters. The lowest BCUT2D eigenvalue weighted by Crippen LogP contribution is -2.28. The Labute approximate surface area is 147 Å². The van der Waals surface area contributed by atoms with Crippen molar-refractivity contribution in [2.24, 2.45) is 5.14 Å². The SMILES string of the molecule is NS(=O)(=O)c1ccc(CNC(=O)c2c[nH]c3c(F)cccc3c2=O)cc1. The van der Waals surface area contributed by atoms with Crippen molar-refractivity contribution in [3.8, 4) is 0 Å². The monoisotopic (exact) mass is 375 g/mol. The summed E-state index contributed by atoms with van der Waals surface area (Å²) in [6.45, 7) is 0.0738. The van der Waals surface area contributed by atoms with Crippen LogP contribution in [-0.2, 0) is 16.6 Å². The maximum Gasteiger partial charge on any atom is 0.257 e. The highest BCUT2D eigenvalue weighted by Gasteiger charge is 2.14. The molecule has 0 aliphatic heterocycles. The van der Waals surface area contributed by atoms with Crippen molar-refractivity contribution in [3.05, 3.63) is 75.8 Å². The number of hydrogen-bond acceptors (Lipinski definition) is 4. The summed E-state index contributed by atoms with van der Waals surface area (Å²) in [4.78, 5) is 27.2. The number of halogens is 1. The lowest BCUT2D eigenvalue weighted by Gasteiger charge is -2.07. The first kappa shape index (κ1) is 17.8. The molecular weight excluding hydrogens is 361 g/mol. The van der Waals surface area contributed by atoms with E-state index in [0.717, 1.165) is 6.20 Å². The topological polar surface area (TPSA) is 122 Å². The molecule has 2 aromatic carbocycles. The third kappa shape index (κ3) is 3.48. The highest BCUT2D eigenvalue weighted by atomic mass is 32.2. The van der Waals surface area contributed by atoms with Crippen LogP contribution in [0, 0.1) is 5.82 Å². The normalized spacial score (nSPS) is 11.5. The number of H-pyrrole nitrogens is 1. The van der Waals surface area contributed by atoms with Crippen LogP contribution in [0.3, 0.4) is 0 Å². The number of carbonyl (C=O) groups is 1. The molecule has 0 saturated carbocycles. The molecule has 3 aromatic rings. The van der Waals surface area contributed by atoms with Crippen LogP contribution < -0.4 is 15.9 Å². The van der Waals surface area contributed by atoms with Gasteiger partial charge in [-0.15, -0.1) is 0 Å². The molecule has 0 bridgehead atoms. The summed E-state index contributed by atoms with van der Waals surface area (Å²) in [5.74, 6) is -1.21. The van der Waals surface area contributed by atoms with E-state index in [0.29, 0.717) is 5.56 Å². The van der Waals surface area contributed by atoms with E-state index >= 15 is 0 Å². The van der Waals surface area contributed by atoms with Crippen LogP contribution in [0.15, 0.2) is 58.4 Å².